The minimum absolute atomic E-state index is 0.0884. The van der Waals surface area contributed by atoms with Crippen molar-refractivity contribution in [1.29, 1.82) is 0 Å². The van der Waals surface area contributed by atoms with Gasteiger partial charge in [-0.3, -0.25) is 4.84 Å². The molecule has 0 bridgehead atoms. The van der Waals surface area contributed by atoms with Crippen LogP contribution >= 0.6 is 39.1 Å². The summed E-state index contributed by atoms with van der Waals surface area (Å²) in [5.41, 5.74) is 1.64. The molecule has 0 N–H and O–H groups in total. The molecule has 3 rings (SSSR count). The van der Waals surface area contributed by atoms with Crippen molar-refractivity contribution in [2.24, 2.45) is 0 Å². The van der Waals surface area contributed by atoms with Gasteiger partial charge in [0.1, 0.15) is 5.76 Å². The van der Waals surface area contributed by atoms with E-state index in [2.05, 4.69) is 20.9 Å². The number of rotatable bonds is 6. The lowest BCUT2D eigenvalue weighted by Gasteiger charge is -2.16. The maximum Gasteiger partial charge on any atom is 0.299 e. The summed E-state index contributed by atoms with van der Waals surface area (Å²) in [7, 11) is 0. The van der Waals surface area contributed by atoms with E-state index < -0.39 is 5.09 Å². The highest BCUT2D eigenvalue weighted by molar-refractivity contribution is 9.10. The van der Waals surface area contributed by atoms with Gasteiger partial charge in [0.25, 0.3) is 5.09 Å². The number of allylic oxidation sites excluding steroid dienone is 1. The van der Waals surface area contributed by atoms with E-state index >= 15 is 0 Å². The Bertz CT molecular complexity index is 990. The van der Waals surface area contributed by atoms with Gasteiger partial charge in [-0.2, -0.15) is 0 Å². The number of halogens is 3. The van der Waals surface area contributed by atoms with E-state index in [1.165, 1.54) is 0 Å². The third-order valence-electron chi connectivity index (χ3n) is 3.70. The van der Waals surface area contributed by atoms with Crippen LogP contribution in [-0.4, -0.2) is 14.6 Å². The van der Waals surface area contributed by atoms with Crippen LogP contribution in [0.25, 0.3) is 11.3 Å². The monoisotopic (exact) mass is 467 g/mol. The standard InChI is InChI=1S/C18H12BrCl2N3O3/c19-13-3-1-12(2-4-13)18(27-24(25)26)16(10-23-8-7-22-11-23)15-6-5-14(20)9-17(15)21/h1-9,11H,10H2/b18-16-. The summed E-state index contributed by atoms with van der Waals surface area (Å²) in [4.78, 5) is 20.2. The Kier molecular flexibility index (Phi) is 6.15. The third-order valence-corrected chi connectivity index (χ3v) is 4.78. The van der Waals surface area contributed by atoms with E-state index in [1.807, 2.05) is 0 Å². The number of imidazole rings is 1. The highest BCUT2D eigenvalue weighted by Gasteiger charge is 2.19. The quantitative estimate of drug-likeness (QED) is 0.200. The smallest absolute Gasteiger partial charge is 0.299 e. The molecule has 0 aliphatic carbocycles. The first-order valence-electron chi connectivity index (χ1n) is 7.66. The van der Waals surface area contributed by atoms with Gasteiger partial charge in [0.15, 0.2) is 0 Å². The van der Waals surface area contributed by atoms with Crippen LogP contribution in [0, 0.1) is 10.1 Å². The summed E-state index contributed by atoms with van der Waals surface area (Å²) >= 11 is 15.7. The van der Waals surface area contributed by atoms with Gasteiger partial charge in [-0.1, -0.05) is 57.3 Å². The first kappa shape index (κ1) is 19.4. The van der Waals surface area contributed by atoms with Gasteiger partial charge < -0.3 is 4.57 Å². The average molecular weight is 469 g/mol. The third kappa shape index (κ3) is 4.88. The van der Waals surface area contributed by atoms with Crippen LogP contribution in [0.15, 0.2) is 65.7 Å². The lowest BCUT2D eigenvalue weighted by atomic mass is 10.0. The summed E-state index contributed by atoms with van der Waals surface area (Å²) < 4.78 is 2.61. The fourth-order valence-electron chi connectivity index (χ4n) is 2.53. The minimum Gasteiger partial charge on any atom is -0.333 e. The molecule has 27 heavy (non-hydrogen) atoms. The van der Waals surface area contributed by atoms with Crippen LogP contribution in [-0.2, 0) is 11.4 Å². The average Bonchev–Trinajstić information content (AvgIpc) is 3.12. The van der Waals surface area contributed by atoms with Crippen LogP contribution in [0.3, 0.4) is 0 Å². The van der Waals surface area contributed by atoms with E-state index in [1.54, 1.807) is 65.8 Å². The lowest BCUT2D eigenvalue weighted by Crippen LogP contribution is -2.07. The van der Waals surface area contributed by atoms with Gasteiger partial charge in [-0.15, -0.1) is 10.1 Å². The fourth-order valence-corrected chi connectivity index (χ4v) is 3.32. The van der Waals surface area contributed by atoms with Crippen LogP contribution in [0.2, 0.25) is 10.0 Å². The topological polar surface area (TPSA) is 70.2 Å². The molecule has 0 unspecified atom stereocenters. The van der Waals surface area contributed by atoms with Gasteiger partial charge in [0, 0.05) is 43.6 Å². The summed E-state index contributed by atoms with van der Waals surface area (Å²) in [6.07, 6.45) is 4.97. The maximum absolute atomic E-state index is 11.2. The molecule has 0 fully saturated rings. The van der Waals surface area contributed by atoms with Crippen molar-refractivity contribution in [3.8, 4) is 0 Å². The zero-order valence-electron chi connectivity index (χ0n) is 13.7. The van der Waals surface area contributed by atoms with Gasteiger partial charge in [0.2, 0.25) is 0 Å². The molecule has 138 valence electrons. The number of benzene rings is 2. The zero-order valence-corrected chi connectivity index (χ0v) is 16.8. The number of hydrogen-bond donors (Lipinski definition) is 0. The molecule has 0 aliphatic rings. The maximum atomic E-state index is 11.2. The molecule has 0 saturated carbocycles. The Morgan fingerprint density at radius 3 is 2.56 bits per heavy atom. The first-order chi connectivity index (χ1) is 12.9. The summed E-state index contributed by atoms with van der Waals surface area (Å²) in [5.74, 6) is 0.0884. The predicted octanol–water partition coefficient (Wildman–Crippen LogP) is 5.73. The zero-order chi connectivity index (χ0) is 19.4. The van der Waals surface area contributed by atoms with E-state index in [0.717, 1.165) is 4.47 Å². The van der Waals surface area contributed by atoms with Gasteiger partial charge in [0.05, 0.1) is 12.9 Å². The molecule has 0 saturated heterocycles. The van der Waals surface area contributed by atoms with Crippen molar-refractivity contribution in [2.75, 3.05) is 0 Å². The Morgan fingerprint density at radius 1 is 1.22 bits per heavy atom. The van der Waals surface area contributed by atoms with E-state index in [4.69, 9.17) is 28.0 Å². The van der Waals surface area contributed by atoms with Gasteiger partial charge in [-0.25, -0.2) is 4.98 Å². The Balaban J connectivity index is 2.24. The Hall–Kier alpha value is -2.35. The number of nitrogens with zero attached hydrogens (tertiary/aromatic N) is 3. The highest BCUT2D eigenvalue weighted by atomic mass is 79.9. The Labute approximate surface area is 173 Å². The van der Waals surface area contributed by atoms with E-state index in [9.17, 15) is 10.1 Å². The number of aromatic nitrogens is 2. The molecule has 6 nitrogen and oxygen atoms in total. The normalized spacial score (nSPS) is 11.8. The van der Waals surface area contributed by atoms with Crippen molar-refractivity contribution >= 4 is 50.5 Å². The second-order valence-electron chi connectivity index (χ2n) is 5.49. The highest BCUT2D eigenvalue weighted by Crippen LogP contribution is 2.34. The molecule has 1 heterocycles. The van der Waals surface area contributed by atoms with Crippen LogP contribution < -0.4 is 0 Å². The second-order valence-corrected chi connectivity index (χ2v) is 7.25. The second kappa shape index (κ2) is 8.56. The summed E-state index contributed by atoms with van der Waals surface area (Å²) in [5, 5.41) is 11.2. The largest absolute Gasteiger partial charge is 0.333 e. The van der Waals surface area contributed by atoms with E-state index in [0.29, 0.717) is 26.7 Å². The molecule has 2 aromatic carbocycles. The van der Waals surface area contributed by atoms with Crippen molar-refractivity contribution in [3.05, 3.63) is 96.9 Å². The molecule has 3 aromatic rings. The van der Waals surface area contributed by atoms with Crippen molar-refractivity contribution in [3.63, 3.8) is 0 Å². The summed E-state index contributed by atoms with van der Waals surface area (Å²) in [6, 6.07) is 12.0. The SMILES string of the molecule is O=[N+]([O-])O/C(=C(/Cn1ccnc1)c1ccc(Cl)cc1Cl)c1ccc(Br)cc1. The molecule has 0 aliphatic heterocycles. The lowest BCUT2D eigenvalue weighted by molar-refractivity contribution is -0.730. The molecule has 1 aromatic heterocycles. The summed E-state index contributed by atoms with van der Waals surface area (Å²) in [6.45, 7) is 0.264. The van der Waals surface area contributed by atoms with Crippen molar-refractivity contribution in [2.45, 2.75) is 6.54 Å². The van der Waals surface area contributed by atoms with Crippen LogP contribution in [0.5, 0.6) is 0 Å². The molecule has 0 spiro atoms. The fraction of sp³-hybridized carbons (Fsp3) is 0.0556. The Morgan fingerprint density at radius 2 is 1.96 bits per heavy atom. The van der Waals surface area contributed by atoms with E-state index in [-0.39, 0.29) is 12.3 Å². The molecule has 0 atom stereocenters. The van der Waals surface area contributed by atoms with Crippen molar-refractivity contribution in [1.82, 2.24) is 9.55 Å². The van der Waals surface area contributed by atoms with Gasteiger partial charge >= 0.3 is 0 Å². The molecular formula is C18H12BrCl2N3O3. The molecule has 0 amide bonds. The number of hydrogen-bond acceptors (Lipinski definition) is 4. The minimum atomic E-state index is -0.838. The molecular weight excluding hydrogens is 457 g/mol. The molecule has 9 heteroatoms. The predicted molar refractivity (Wildman–Crippen MR) is 108 cm³/mol. The first-order valence-corrected chi connectivity index (χ1v) is 9.21. The van der Waals surface area contributed by atoms with Crippen LogP contribution in [0.4, 0.5) is 0 Å². The van der Waals surface area contributed by atoms with Gasteiger partial charge in [-0.05, 0) is 24.3 Å². The molecule has 0 radical (unpaired) electrons. The van der Waals surface area contributed by atoms with Crippen molar-refractivity contribution < 1.29 is 9.92 Å². The van der Waals surface area contributed by atoms with Crippen LogP contribution in [0.1, 0.15) is 11.1 Å².